The van der Waals surface area contributed by atoms with E-state index in [1.165, 1.54) is 0 Å². The third-order valence-corrected chi connectivity index (χ3v) is 5.01. The molecule has 0 aromatic heterocycles. The lowest BCUT2D eigenvalue weighted by Crippen LogP contribution is -2.02. The number of allylic oxidation sites excluding steroid dienone is 6. The largest absolute Gasteiger partial charge is 0.457 e. The third-order valence-electron chi connectivity index (χ3n) is 5.01. The van der Waals surface area contributed by atoms with Crippen molar-refractivity contribution in [3.05, 3.63) is 95.1 Å². The Labute approximate surface area is 170 Å². The minimum atomic E-state index is 0.0950. The van der Waals surface area contributed by atoms with Gasteiger partial charge in [0.05, 0.1) is 0 Å². The van der Waals surface area contributed by atoms with Crippen LogP contribution in [0.5, 0.6) is 11.5 Å². The zero-order chi connectivity index (χ0) is 20.1. The van der Waals surface area contributed by atoms with Gasteiger partial charge in [-0.1, -0.05) is 36.4 Å². The number of carbonyl (C=O) groups is 2. The van der Waals surface area contributed by atoms with E-state index in [9.17, 15) is 9.59 Å². The number of hydrogen-bond donors (Lipinski definition) is 0. The first kappa shape index (κ1) is 18.9. The molecule has 0 amide bonds. The Morgan fingerprint density at radius 1 is 0.621 bits per heavy atom. The number of carbonyl (C=O) groups excluding carboxylic acids is 2. The zero-order valence-corrected chi connectivity index (χ0v) is 16.1. The number of hydrogen-bond acceptors (Lipinski definition) is 3. The summed E-state index contributed by atoms with van der Waals surface area (Å²) < 4.78 is 5.91. The Bertz CT molecular complexity index is 947. The van der Waals surface area contributed by atoms with Gasteiger partial charge in [-0.3, -0.25) is 9.59 Å². The molecule has 0 fully saturated rings. The van der Waals surface area contributed by atoms with E-state index in [1.54, 1.807) is 12.2 Å². The molecule has 0 bridgehead atoms. The van der Waals surface area contributed by atoms with Gasteiger partial charge in [0, 0.05) is 11.1 Å². The van der Waals surface area contributed by atoms with Crippen molar-refractivity contribution >= 4 is 23.7 Å². The lowest BCUT2D eigenvalue weighted by atomic mass is 9.97. The molecule has 0 radical (unpaired) electrons. The lowest BCUT2D eigenvalue weighted by Gasteiger charge is -2.09. The van der Waals surface area contributed by atoms with E-state index in [1.807, 2.05) is 72.8 Å². The van der Waals surface area contributed by atoms with Gasteiger partial charge in [0.25, 0.3) is 0 Å². The molecule has 2 aromatic carbocycles. The van der Waals surface area contributed by atoms with Gasteiger partial charge in [0.1, 0.15) is 11.5 Å². The summed E-state index contributed by atoms with van der Waals surface area (Å²) in [6.07, 6.45) is 14.4. The molecule has 0 unspecified atom stereocenters. The number of benzene rings is 2. The van der Waals surface area contributed by atoms with E-state index in [0.717, 1.165) is 59.5 Å². The SMILES string of the molecule is O=C1C=CCCC1=Cc1ccc(Oc2ccc(C=C3CCC=CC3=O)cc2)cc1. The molecule has 4 rings (SSSR count). The maximum absolute atomic E-state index is 11.9. The lowest BCUT2D eigenvalue weighted by molar-refractivity contribution is -0.112. The van der Waals surface area contributed by atoms with Crippen LogP contribution in [0.15, 0.2) is 84.0 Å². The van der Waals surface area contributed by atoms with Crippen LogP contribution in [0.1, 0.15) is 36.8 Å². The highest BCUT2D eigenvalue weighted by molar-refractivity contribution is 6.08. The summed E-state index contributed by atoms with van der Waals surface area (Å²) in [5, 5.41) is 0. The Balaban J connectivity index is 1.42. The summed E-state index contributed by atoms with van der Waals surface area (Å²) in [5.74, 6) is 1.66. The first-order valence-corrected chi connectivity index (χ1v) is 9.88. The molecule has 0 saturated heterocycles. The van der Waals surface area contributed by atoms with E-state index < -0.39 is 0 Å². The third kappa shape index (κ3) is 4.88. The highest BCUT2D eigenvalue weighted by atomic mass is 16.5. The van der Waals surface area contributed by atoms with Gasteiger partial charge < -0.3 is 4.74 Å². The van der Waals surface area contributed by atoms with Crippen molar-refractivity contribution in [2.24, 2.45) is 0 Å². The van der Waals surface area contributed by atoms with Crippen molar-refractivity contribution in [2.45, 2.75) is 25.7 Å². The minimum absolute atomic E-state index is 0.0950. The molecule has 3 heteroatoms. The van der Waals surface area contributed by atoms with Gasteiger partial charge in [-0.05, 0) is 85.4 Å². The smallest absolute Gasteiger partial charge is 0.181 e. The molecule has 29 heavy (non-hydrogen) atoms. The van der Waals surface area contributed by atoms with Crippen LogP contribution in [0.3, 0.4) is 0 Å². The van der Waals surface area contributed by atoms with Crippen molar-refractivity contribution in [3.63, 3.8) is 0 Å². The Morgan fingerprint density at radius 3 is 1.41 bits per heavy atom. The first-order chi connectivity index (χ1) is 14.2. The van der Waals surface area contributed by atoms with Crippen molar-refractivity contribution in [2.75, 3.05) is 0 Å². The fourth-order valence-electron chi connectivity index (χ4n) is 3.41. The monoisotopic (exact) mass is 382 g/mol. The van der Waals surface area contributed by atoms with Gasteiger partial charge in [0.2, 0.25) is 0 Å². The van der Waals surface area contributed by atoms with E-state index in [0.29, 0.717) is 0 Å². The summed E-state index contributed by atoms with van der Waals surface area (Å²) in [5.41, 5.74) is 3.67. The molecule has 2 aromatic rings. The van der Waals surface area contributed by atoms with Crippen molar-refractivity contribution in [1.82, 2.24) is 0 Å². The average Bonchev–Trinajstić information content (AvgIpc) is 2.74. The summed E-state index contributed by atoms with van der Waals surface area (Å²) in [6, 6.07) is 15.4. The van der Waals surface area contributed by atoms with E-state index >= 15 is 0 Å². The van der Waals surface area contributed by atoms with Gasteiger partial charge in [-0.15, -0.1) is 0 Å². The Hall–Kier alpha value is -3.46. The second-order valence-electron chi connectivity index (χ2n) is 7.19. The van der Waals surface area contributed by atoms with Gasteiger partial charge in [-0.2, -0.15) is 0 Å². The van der Waals surface area contributed by atoms with E-state index in [2.05, 4.69) is 0 Å². The Kier molecular flexibility index (Phi) is 5.66. The molecule has 0 heterocycles. The van der Waals surface area contributed by atoms with Crippen LogP contribution in [0.2, 0.25) is 0 Å². The van der Waals surface area contributed by atoms with Crippen LogP contribution < -0.4 is 4.74 Å². The first-order valence-electron chi connectivity index (χ1n) is 9.88. The summed E-state index contributed by atoms with van der Waals surface area (Å²) in [7, 11) is 0. The maximum atomic E-state index is 11.9. The summed E-state index contributed by atoms with van der Waals surface area (Å²) in [4.78, 5) is 23.7. The number of rotatable bonds is 4. The van der Waals surface area contributed by atoms with Crippen molar-refractivity contribution in [3.8, 4) is 11.5 Å². The molecule has 2 aliphatic rings. The number of ketones is 2. The predicted molar refractivity (Wildman–Crippen MR) is 116 cm³/mol. The second-order valence-corrected chi connectivity index (χ2v) is 7.19. The molecule has 0 saturated carbocycles. The highest BCUT2D eigenvalue weighted by Crippen LogP contribution is 2.25. The molecule has 3 nitrogen and oxygen atoms in total. The van der Waals surface area contributed by atoms with Crippen molar-refractivity contribution in [1.29, 1.82) is 0 Å². The fourth-order valence-corrected chi connectivity index (χ4v) is 3.41. The van der Waals surface area contributed by atoms with Crippen LogP contribution in [0, 0.1) is 0 Å². The molecule has 2 aliphatic carbocycles. The summed E-state index contributed by atoms with van der Waals surface area (Å²) in [6.45, 7) is 0. The molecule has 0 atom stereocenters. The van der Waals surface area contributed by atoms with E-state index in [4.69, 9.17) is 4.74 Å². The topological polar surface area (TPSA) is 43.4 Å². The van der Waals surface area contributed by atoms with Crippen LogP contribution in [0.4, 0.5) is 0 Å². The van der Waals surface area contributed by atoms with Gasteiger partial charge >= 0.3 is 0 Å². The van der Waals surface area contributed by atoms with Gasteiger partial charge in [0.15, 0.2) is 11.6 Å². The summed E-state index contributed by atoms with van der Waals surface area (Å²) >= 11 is 0. The predicted octanol–water partition coefficient (Wildman–Crippen LogP) is 6.08. The molecular formula is C26H22O3. The quantitative estimate of drug-likeness (QED) is 0.602. The normalized spacial score (nSPS) is 19.2. The molecular weight excluding hydrogens is 360 g/mol. The standard InChI is InChI=1S/C26H22O3/c27-25-7-3-1-5-21(25)17-19-9-13-23(14-10-19)29-24-15-11-20(12-16-24)18-22-6-2-4-8-26(22)28/h3-4,7-18H,1-2,5-6H2. The zero-order valence-electron chi connectivity index (χ0n) is 16.1. The Morgan fingerprint density at radius 2 is 1.03 bits per heavy atom. The molecule has 0 aliphatic heterocycles. The van der Waals surface area contributed by atoms with Crippen LogP contribution in [-0.4, -0.2) is 11.6 Å². The van der Waals surface area contributed by atoms with Crippen LogP contribution in [-0.2, 0) is 9.59 Å². The van der Waals surface area contributed by atoms with Gasteiger partial charge in [-0.25, -0.2) is 0 Å². The molecule has 0 spiro atoms. The second kappa shape index (κ2) is 8.70. The highest BCUT2D eigenvalue weighted by Gasteiger charge is 2.10. The molecule has 0 N–H and O–H groups in total. The fraction of sp³-hybridized carbons (Fsp3) is 0.154. The van der Waals surface area contributed by atoms with Crippen LogP contribution >= 0.6 is 0 Å². The maximum Gasteiger partial charge on any atom is 0.181 e. The number of ether oxygens (including phenoxy) is 1. The molecule has 144 valence electrons. The minimum Gasteiger partial charge on any atom is -0.457 e. The van der Waals surface area contributed by atoms with Crippen LogP contribution in [0.25, 0.3) is 12.2 Å². The van der Waals surface area contributed by atoms with E-state index in [-0.39, 0.29) is 11.6 Å². The van der Waals surface area contributed by atoms with Crippen molar-refractivity contribution < 1.29 is 14.3 Å². The average molecular weight is 382 g/mol.